The van der Waals surface area contributed by atoms with Gasteiger partial charge in [0.15, 0.2) is 0 Å². The summed E-state index contributed by atoms with van der Waals surface area (Å²) in [5, 5.41) is 6.73. The summed E-state index contributed by atoms with van der Waals surface area (Å²) in [6.45, 7) is 0. The molecule has 0 aromatic heterocycles. The van der Waals surface area contributed by atoms with Crippen molar-refractivity contribution in [2.75, 3.05) is 5.32 Å². The van der Waals surface area contributed by atoms with Gasteiger partial charge in [0.1, 0.15) is 6.04 Å². The highest BCUT2D eigenvalue weighted by Crippen LogP contribution is 2.59. The second kappa shape index (κ2) is 4.33. The third-order valence-electron chi connectivity index (χ3n) is 6.60. The predicted octanol–water partition coefficient (Wildman–Crippen LogP) is 3.09. The molecule has 0 spiro atoms. The Bertz CT molecular complexity index is 599. The normalized spacial score (nSPS) is 43.0. The molecule has 3 fully saturated rings. The van der Waals surface area contributed by atoms with E-state index in [-0.39, 0.29) is 11.9 Å². The molecule has 3 aliphatic carbocycles. The quantitative estimate of drug-likeness (QED) is 0.875. The Morgan fingerprint density at radius 2 is 1.90 bits per heavy atom. The molecule has 5 rings (SSSR count). The van der Waals surface area contributed by atoms with E-state index in [9.17, 15) is 4.79 Å². The number of benzene rings is 1. The van der Waals surface area contributed by atoms with Crippen LogP contribution in [0.25, 0.3) is 0 Å². The van der Waals surface area contributed by atoms with E-state index < -0.39 is 0 Å². The lowest BCUT2D eigenvalue weighted by molar-refractivity contribution is -0.118. The number of rotatable bonds is 2. The largest absolute Gasteiger partial charge is 0.324 e. The van der Waals surface area contributed by atoms with Crippen LogP contribution in [0.15, 0.2) is 24.3 Å². The molecule has 3 heteroatoms. The predicted molar refractivity (Wildman–Crippen MR) is 81.8 cm³/mol. The van der Waals surface area contributed by atoms with Crippen LogP contribution in [0.5, 0.6) is 0 Å². The molecule has 1 aliphatic heterocycles. The van der Waals surface area contributed by atoms with Gasteiger partial charge in [-0.15, -0.1) is 0 Å². The highest BCUT2D eigenvalue weighted by atomic mass is 16.2. The number of amides is 1. The number of nitrogens with one attached hydrogen (secondary N) is 2. The van der Waals surface area contributed by atoms with Crippen LogP contribution in [0.1, 0.15) is 43.7 Å². The summed E-state index contributed by atoms with van der Waals surface area (Å²) in [6.07, 6.45) is 7.02. The average molecular weight is 282 g/mol. The molecule has 0 radical (unpaired) electrons. The van der Waals surface area contributed by atoms with E-state index >= 15 is 0 Å². The van der Waals surface area contributed by atoms with Crippen molar-refractivity contribution in [3.05, 3.63) is 29.8 Å². The van der Waals surface area contributed by atoms with Crippen molar-refractivity contribution in [1.29, 1.82) is 0 Å². The molecular formula is C18H22N2O. The first-order valence-electron chi connectivity index (χ1n) is 8.47. The van der Waals surface area contributed by atoms with Crippen molar-refractivity contribution in [2.24, 2.45) is 23.7 Å². The van der Waals surface area contributed by atoms with Gasteiger partial charge in [-0.05, 0) is 55.4 Å². The SMILES string of the molecule is O=C1Nc2ccccc2C1NC1CC2CC1C1CCCC21. The van der Waals surface area contributed by atoms with Gasteiger partial charge in [0.05, 0.1) is 0 Å². The number of carbonyl (C=O) groups excluding carboxylic acids is 1. The average Bonchev–Trinajstić information content (AvgIpc) is 3.21. The molecule has 3 saturated carbocycles. The van der Waals surface area contributed by atoms with Gasteiger partial charge in [0.25, 0.3) is 0 Å². The molecular weight excluding hydrogens is 260 g/mol. The second-order valence-electron chi connectivity index (χ2n) is 7.44. The van der Waals surface area contributed by atoms with Gasteiger partial charge in [0.2, 0.25) is 5.91 Å². The number of carbonyl (C=O) groups is 1. The van der Waals surface area contributed by atoms with Crippen LogP contribution in [0, 0.1) is 23.7 Å². The zero-order chi connectivity index (χ0) is 14.0. The van der Waals surface area contributed by atoms with Gasteiger partial charge in [-0.1, -0.05) is 24.6 Å². The number of hydrogen-bond acceptors (Lipinski definition) is 2. The maximum Gasteiger partial charge on any atom is 0.246 e. The van der Waals surface area contributed by atoms with Crippen LogP contribution in [0.3, 0.4) is 0 Å². The molecule has 2 bridgehead atoms. The molecule has 2 N–H and O–H groups in total. The Labute approximate surface area is 125 Å². The van der Waals surface area contributed by atoms with E-state index in [2.05, 4.69) is 16.7 Å². The molecule has 1 aromatic rings. The minimum Gasteiger partial charge on any atom is -0.324 e. The Morgan fingerprint density at radius 3 is 2.86 bits per heavy atom. The van der Waals surface area contributed by atoms with Crippen LogP contribution >= 0.6 is 0 Å². The summed E-state index contributed by atoms with van der Waals surface area (Å²) in [4.78, 5) is 12.3. The van der Waals surface area contributed by atoms with E-state index in [0.717, 1.165) is 34.9 Å². The molecule has 1 aromatic carbocycles. The zero-order valence-electron chi connectivity index (χ0n) is 12.2. The lowest BCUT2D eigenvalue weighted by Crippen LogP contribution is -2.43. The first-order valence-corrected chi connectivity index (χ1v) is 8.47. The topological polar surface area (TPSA) is 41.1 Å². The van der Waals surface area contributed by atoms with E-state index in [0.29, 0.717) is 6.04 Å². The molecule has 21 heavy (non-hydrogen) atoms. The highest BCUT2D eigenvalue weighted by molar-refractivity contribution is 6.02. The Morgan fingerprint density at radius 1 is 1.05 bits per heavy atom. The van der Waals surface area contributed by atoms with E-state index in [1.807, 2.05) is 18.2 Å². The van der Waals surface area contributed by atoms with E-state index in [1.54, 1.807) is 0 Å². The smallest absolute Gasteiger partial charge is 0.246 e. The van der Waals surface area contributed by atoms with Crippen molar-refractivity contribution in [1.82, 2.24) is 5.32 Å². The van der Waals surface area contributed by atoms with Crippen molar-refractivity contribution < 1.29 is 4.79 Å². The molecule has 6 unspecified atom stereocenters. The van der Waals surface area contributed by atoms with Crippen LogP contribution in [-0.4, -0.2) is 11.9 Å². The number of fused-ring (bicyclic) bond motifs is 6. The minimum absolute atomic E-state index is 0.127. The standard InChI is InChI=1S/C18H22N2O/c21-18-17(13-4-1-2-7-15(13)20-18)19-16-9-10-8-14(16)12-6-3-5-11(10)12/h1-2,4,7,10-12,14,16-17,19H,3,5-6,8-9H2,(H,20,21). The van der Waals surface area contributed by atoms with Crippen LogP contribution in [0.4, 0.5) is 5.69 Å². The third-order valence-corrected chi connectivity index (χ3v) is 6.60. The molecule has 1 amide bonds. The molecule has 0 saturated heterocycles. The van der Waals surface area contributed by atoms with Gasteiger partial charge in [-0.25, -0.2) is 0 Å². The summed E-state index contributed by atoms with van der Waals surface area (Å²) in [5.74, 6) is 3.84. The molecule has 110 valence electrons. The van der Waals surface area contributed by atoms with Crippen molar-refractivity contribution >= 4 is 11.6 Å². The fraction of sp³-hybridized carbons (Fsp3) is 0.611. The van der Waals surface area contributed by atoms with Gasteiger partial charge >= 0.3 is 0 Å². The molecule has 6 atom stereocenters. The first kappa shape index (κ1) is 12.2. The van der Waals surface area contributed by atoms with Gasteiger partial charge in [-0.2, -0.15) is 0 Å². The van der Waals surface area contributed by atoms with E-state index in [1.165, 1.54) is 32.1 Å². The second-order valence-corrected chi connectivity index (χ2v) is 7.44. The van der Waals surface area contributed by atoms with Crippen molar-refractivity contribution in [3.63, 3.8) is 0 Å². The fourth-order valence-corrected chi connectivity index (χ4v) is 5.85. The Hall–Kier alpha value is -1.35. The number of anilines is 1. The fourth-order valence-electron chi connectivity index (χ4n) is 5.85. The lowest BCUT2D eigenvalue weighted by atomic mass is 9.79. The van der Waals surface area contributed by atoms with Gasteiger partial charge < -0.3 is 5.32 Å². The highest BCUT2D eigenvalue weighted by Gasteiger charge is 2.54. The lowest BCUT2D eigenvalue weighted by Gasteiger charge is -2.33. The zero-order valence-corrected chi connectivity index (χ0v) is 12.2. The number of para-hydroxylation sites is 1. The van der Waals surface area contributed by atoms with Crippen LogP contribution < -0.4 is 10.6 Å². The maximum absolute atomic E-state index is 12.3. The first-order chi connectivity index (χ1) is 10.3. The Kier molecular flexibility index (Phi) is 2.52. The number of hydrogen-bond donors (Lipinski definition) is 2. The molecule has 3 nitrogen and oxygen atoms in total. The monoisotopic (exact) mass is 282 g/mol. The van der Waals surface area contributed by atoms with Crippen molar-refractivity contribution in [3.8, 4) is 0 Å². The molecule has 4 aliphatic rings. The maximum atomic E-state index is 12.3. The van der Waals surface area contributed by atoms with E-state index in [4.69, 9.17) is 0 Å². The van der Waals surface area contributed by atoms with Gasteiger partial charge in [-0.3, -0.25) is 10.1 Å². The summed E-state index contributed by atoms with van der Waals surface area (Å²) in [5.41, 5.74) is 2.12. The third kappa shape index (κ3) is 1.67. The summed E-state index contributed by atoms with van der Waals surface area (Å²) >= 11 is 0. The summed E-state index contributed by atoms with van der Waals surface area (Å²) in [6, 6.07) is 8.52. The summed E-state index contributed by atoms with van der Waals surface area (Å²) in [7, 11) is 0. The molecule has 1 heterocycles. The summed E-state index contributed by atoms with van der Waals surface area (Å²) < 4.78 is 0. The van der Waals surface area contributed by atoms with Crippen LogP contribution in [0.2, 0.25) is 0 Å². The Balaban J connectivity index is 1.38. The van der Waals surface area contributed by atoms with Gasteiger partial charge in [0, 0.05) is 17.3 Å². The van der Waals surface area contributed by atoms with Crippen molar-refractivity contribution in [2.45, 2.75) is 44.2 Å². The minimum atomic E-state index is -0.134. The van der Waals surface area contributed by atoms with Crippen LogP contribution in [-0.2, 0) is 4.79 Å².